The van der Waals surface area contributed by atoms with Crippen molar-refractivity contribution in [3.63, 3.8) is 0 Å². The summed E-state index contributed by atoms with van der Waals surface area (Å²) in [4.78, 5) is 16.9. The van der Waals surface area contributed by atoms with Crippen LogP contribution in [0.1, 0.15) is 35.6 Å². The number of amides is 2. The van der Waals surface area contributed by atoms with E-state index in [4.69, 9.17) is 0 Å². The molecule has 6 nitrogen and oxygen atoms in total. The molecule has 2 unspecified atom stereocenters. The number of piperidine rings is 1. The number of β-amino-alcohol motifs (C(OH)–C–C–N with tert-alkyl or cyclic N) is 1. The number of urea groups is 1. The Labute approximate surface area is 177 Å². The third-order valence-electron chi connectivity index (χ3n) is 6.19. The van der Waals surface area contributed by atoms with E-state index in [1.165, 1.54) is 5.56 Å². The van der Waals surface area contributed by atoms with Crippen molar-refractivity contribution in [2.24, 2.45) is 5.92 Å². The van der Waals surface area contributed by atoms with Crippen LogP contribution in [-0.4, -0.2) is 53.2 Å². The highest BCUT2D eigenvalue weighted by Crippen LogP contribution is 2.31. The minimum Gasteiger partial charge on any atom is -0.389 e. The van der Waals surface area contributed by atoms with Crippen molar-refractivity contribution in [1.29, 1.82) is 5.26 Å². The number of nitriles is 1. The zero-order valence-corrected chi connectivity index (χ0v) is 17.1. The topological polar surface area (TPSA) is 79.6 Å². The van der Waals surface area contributed by atoms with Gasteiger partial charge in [-0.05, 0) is 55.1 Å². The molecular weight excluding hydrogens is 376 g/mol. The van der Waals surface area contributed by atoms with E-state index < -0.39 is 12.1 Å². The van der Waals surface area contributed by atoms with Crippen LogP contribution in [0.5, 0.6) is 0 Å². The molecule has 0 spiro atoms. The quantitative estimate of drug-likeness (QED) is 0.803. The van der Waals surface area contributed by atoms with Crippen molar-refractivity contribution < 1.29 is 9.90 Å². The van der Waals surface area contributed by atoms with E-state index in [-0.39, 0.29) is 12.6 Å². The van der Waals surface area contributed by atoms with Gasteiger partial charge in [-0.3, -0.25) is 4.90 Å². The average Bonchev–Trinajstić information content (AvgIpc) is 2.78. The van der Waals surface area contributed by atoms with Crippen molar-refractivity contribution in [3.05, 3.63) is 71.3 Å². The Balaban J connectivity index is 1.41. The lowest BCUT2D eigenvalue weighted by molar-refractivity contribution is 0.0303. The van der Waals surface area contributed by atoms with Gasteiger partial charge >= 0.3 is 6.03 Å². The molecule has 0 saturated carbocycles. The number of hydrogen-bond acceptors (Lipinski definition) is 4. The maximum absolute atomic E-state index is 12.7. The first-order chi connectivity index (χ1) is 14.6. The van der Waals surface area contributed by atoms with Gasteiger partial charge in [-0.25, -0.2) is 4.79 Å². The molecule has 2 fully saturated rings. The summed E-state index contributed by atoms with van der Waals surface area (Å²) in [5.74, 6) is 0.398. The number of aliphatic hydroxyl groups excluding tert-OH is 1. The summed E-state index contributed by atoms with van der Waals surface area (Å²) in [6.07, 6.45) is 1.35. The SMILES string of the molecule is N#Cc1cccc(C2C(O)CNC(=O)N2CC2CCN(Cc3ccccc3)CC2)c1. The van der Waals surface area contributed by atoms with Crippen molar-refractivity contribution in [3.8, 4) is 6.07 Å². The fourth-order valence-corrected chi connectivity index (χ4v) is 4.58. The van der Waals surface area contributed by atoms with Gasteiger partial charge in [0, 0.05) is 19.6 Å². The normalized spacial score (nSPS) is 23.1. The Morgan fingerprint density at radius 2 is 1.87 bits per heavy atom. The number of aliphatic hydroxyl groups is 1. The Kier molecular flexibility index (Phi) is 6.32. The summed E-state index contributed by atoms with van der Waals surface area (Å²) >= 11 is 0. The van der Waals surface area contributed by atoms with E-state index in [0.717, 1.165) is 38.0 Å². The molecule has 156 valence electrons. The number of benzene rings is 2. The highest BCUT2D eigenvalue weighted by Gasteiger charge is 2.37. The van der Waals surface area contributed by atoms with Crippen molar-refractivity contribution in [1.82, 2.24) is 15.1 Å². The molecule has 2 heterocycles. The molecule has 0 bridgehead atoms. The number of carbonyl (C=O) groups excluding carboxylic acids is 1. The minimum absolute atomic E-state index is 0.139. The Hall–Kier alpha value is -2.88. The summed E-state index contributed by atoms with van der Waals surface area (Å²) in [5, 5.41) is 22.7. The summed E-state index contributed by atoms with van der Waals surface area (Å²) in [6, 6.07) is 19.3. The van der Waals surface area contributed by atoms with E-state index in [1.807, 2.05) is 18.2 Å². The first kappa shape index (κ1) is 20.4. The van der Waals surface area contributed by atoms with Crippen LogP contribution in [0.4, 0.5) is 4.79 Å². The predicted octanol–water partition coefficient (Wildman–Crippen LogP) is 2.90. The van der Waals surface area contributed by atoms with E-state index in [2.05, 4.69) is 40.6 Å². The molecule has 2 atom stereocenters. The molecule has 0 aliphatic carbocycles. The van der Waals surface area contributed by atoms with Crippen molar-refractivity contribution in [2.75, 3.05) is 26.2 Å². The van der Waals surface area contributed by atoms with Crippen LogP contribution < -0.4 is 5.32 Å². The largest absolute Gasteiger partial charge is 0.389 e. The van der Waals surface area contributed by atoms with Crippen LogP contribution >= 0.6 is 0 Å². The van der Waals surface area contributed by atoms with Crippen LogP contribution in [0.15, 0.2) is 54.6 Å². The predicted molar refractivity (Wildman–Crippen MR) is 114 cm³/mol. The van der Waals surface area contributed by atoms with Gasteiger partial charge in [0.05, 0.1) is 23.8 Å². The molecule has 2 N–H and O–H groups in total. The van der Waals surface area contributed by atoms with E-state index in [0.29, 0.717) is 18.0 Å². The second-order valence-corrected chi connectivity index (χ2v) is 8.29. The molecule has 2 aromatic rings. The molecule has 2 aliphatic rings. The maximum atomic E-state index is 12.7. The number of likely N-dealkylation sites (tertiary alicyclic amines) is 1. The van der Waals surface area contributed by atoms with Gasteiger partial charge < -0.3 is 15.3 Å². The monoisotopic (exact) mass is 404 g/mol. The molecule has 4 rings (SSSR count). The van der Waals surface area contributed by atoms with Gasteiger partial charge in [0.1, 0.15) is 0 Å². The summed E-state index contributed by atoms with van der Waals surface area (Å²) in [5.41, 5.74) is 2.68. The average molecular weight is 405 g/mol. The Morgan fingerprint density at radius 3 is 2.60 bits per heavy atom. The van der Waals surface area contributed by atoms with Gasteiger partial charge in [0.25, 0.3) is 0 Å². The maximum Gasteiger partial charge on any atom is 0.318 e. The van der Waals surface area contributed by atoms with Crippen LogP contribution in [0.3, 0.4) is 0 Å². The number of carbonyl (C=O) groups is 1. The fourth-order valence-electron chi connectivity index (χ4n) is 4.58. The molecule has 6 heteroatoms. The lowest BCUT2D eigenvalue weighted by Crippen LogP contribution is -2.56. The van der Waals surface area contributed by atoms with Gasteiger partial charge in [0.2, 0.25) is 0 Å². The second kappa shape index (κ2) is 9.29. The van der Waals surface area contributed by atoms with E-state index in [1.54, 1.807) is 17.0 Å². The van der Waals surface area contributed by atoms with E-state index in [9.17, 15) is 15.2 Å². The highest BCUT2D eigenvalue weighted by molar-refractivity contribution is 5.76. The van der Waals surface area contributed by atoms with Crippen molar-refractivity contribution >= 4 is 6.03 Å². The minimum atomic E-state index is -0.699. The summed E-state index contributed by atoms with van der Waals surface area (Å²) in [6.45, 7) is 3.81. The molecule has 2 saturated heterocycles. The molecule has 0 aromatic heterocycles. The van der Waals surface area contributed by atoms with Crippen molar-refractivity contribution in [2.45, 2.75) is 31.5 Å². The summed E-state index contributed by atoms with van der Waals surface area (Å²) in [7, 11) is 0. The summed E-state index contributed by atoms with van der Waals surface area (Å²) < 4.78 is 0. The number of nitrogens with one attached hydrogen (secondary N) is 1. The number of hydrogen-bond donors (Lipinski definition) is 2. The van der Waals surface area contributed by atoms with Gasteiger partial charge in [-0.2, -0.15) is 5.26 Å². The van der Waals surface area contributed by atoms with Gasteiger partial charge in [-0.15, -0.1) is 0 Å². The van der Waals surface area contributed by atoms with Crippen LogP contribution in [0.25, 0.3) is 0 Å². The molecular formula is C24H28N4O2. The molecule has 2 aliphatic heterocycles. The van der Waals surface area contributed by atoms with Gasteiger partial charge in [-0.1, -0.05) is 42.5 Å². The standard InChI is InChI=1S/C24H28N4O2/c25-14-20-7-4-8-21(13-20)23-22(29)15-26-24(30)28(23)17-19-9-11-27(12-10-19)16-18-5-2-1-3-6-18/h1-8,13,19,22-23,29H,9-12,15-17H2,(H,26,30). The first-order valence-corrected chi connectivity index (χ1v) is 10.6. The van der Waals surface area contributed by atoms with Crippen LogP contribution in [-0.2, 0) is 6.54 Å². The zero-order valence-electron chi connectivity index (χ0n) is 17.1. The molecule has 2 amide bonds. The third kappa shape index (κ3) is 4.64. The third-order valence-corrected chi connectivity index (χ3v) is 6.19. The first-order valence-electron chi connectivity index (χ1n) is 10.6. The molecule has 2 aromatic carbocycles. The van der Waals surface area contributed by atoms with Crippen LogP contribution in [0, 0.1) is 17.2 Å². The highest BCUT2D eigenvalue weighted by atomic mass is 16.3. The Bertz CT molecular complexity index is 903. The molecule has 30 heavy (non-hydrogen) atoms. The lowest BCUT2D eigenvalue weighted by Gasteiger charge is -2.42. The smallest absolute Gasteiger partial charge is 0.318 e. The number of rotatable bonds is 5. The van der Waals surface area contributed by atoms with E-state index >= 15 is 0 Å². The lowest BCUT2D eigenvalue weighted by atomic mass is 9.92. The number of nitrogens with zero attached hydrogens (tertiary/aromatic N) is 3. The fraction of sp³-hybridized carbons (Fsp3) is 0.417. The second-order valence-electron chi connectivity index (χ2n) is 8.29. The zero-order chi connectivity index (χ0) is 20.9. The van der Waals surface area contributed by atoms with Crippen LogP contribution in [0.2, 0.25) is 0 Å². The Morgan fingerprint density at radius 1 is 1.10 bits per heavy atom. The molecule has 0 radical (unpaired) electrons. The van der Waals surface area contributed by atoms with Gasteiger partial charge in [0.15, 0.2) is 0 Å².